The summed E-state index contributed by atoms with van der Waals surface area (Å²) >= 11 is 0. The van der Waals surface area contributed by atoms with E-state index in [0.29, 0.717) is 5.78 Å². The maximum absolute atomic E-state index is 12.9. The summed E-state index contributed by atoms with van der Waals surface area (Å²) in [5.41, 5.74) is 4.12. The molecule has 1 heterocycles. The van der Waals surface area contributed by atoms with E-state index >= 15 is 0 Å². The highest BCUT2D eigenvalue weighted by atomic mass is 16.5. The van der Waals surface area contributed by atoms with Crippen molar-refractivity contribution in [2.75, 3.05) is 13.1 Å². The predicted molar refractivity (Wildman–Crippen MR) is 86.3 cm³/mol. The Morgan fingerprint density at radius 2 is 1.81 bits per heavy atom. The maximum atomic E-state index is 12.9. The van der Waals surface area contributed by atoms with Crippen molar-refractivity contribution in [3.05, 3.63) is 28.3 Å². The topological polar surface area (TPSA) is 38.3 Å². The highest BCUT2D eigenvalue weighted by Crippen LogP contribution is 2.31. The van der Waals surface area contributed by atoms with Gasteiger partial charge in [0.25, 0.3) is 0 Å². The molecular weight excluding hydrogens is 262 g/mol. The summed E-state index contributed by atoms with van der Waals surface area (Å²) in [5, 5.41) is 3.32. The Morgan fingerprint density at radius 1 is 1.19 bits per heavy atom. The SMILES string of the molecule is Cc1cc(OC(C)C)c(C)c(C)c1C(=O)C1CCNCC1. The summed E-state index contributed by atoms with van der Waals surface area (Å²) in [6.45, 7) is 12.1. The number of ether oxygens (including phenoxy) is 1. The van der Waals surface area contributed by atoms with Gasteiger partial charge in [0.1, 0.15) is 5.75 Å². The zero-order chi connectivity index (χ0) is 15.6. The second-order valence-corrected chi connectivity index (χ2v) is 6.37. The van der Waals surface area contributed by atoms with Gasteiger partial charge in [0.15, 0.2) is 5.78 Å². The molecule has 3 heteroatoms. The van der Waals surface area contributed by atoms with E-state index in [1.807, 2.05) is 40.7 Å². The number of hydrogen-bond acceptors (Lipinski definition) is 3. The molecule has 0 atom stereocenters. The third-order valence-electron chi connectivity index (χ3n) is 4.37. The molecule has 0 amide bonds. The molecule has 0 radical (unpaired) electrons. The molecule has 2 rings (SSSR count). The number of Topliss-reactive ketones (excluding diaryl/α,β-unsaturated/α-hetero) is 1. The summed E-state index contributed by atoms with van der Waals surface area (Å²) < 4.78 is 5.87. The lowest BCUT2D eigenvalue weighted by molar-refractivity contribution is 0.0893. The third-order valence-corrected chi connectivity index (χ3v) is 4.37. The van der Waals surface area contributed by atoms with Gasteiger partial charge in [-0.05, 0) is 83.3 Å². The molecule has 3 nitrogen and oxygen atoms in total. The summed E-state index contributed by atoms with van der Waals surface area (Å²) in [6.07, 6.45) is 2.04. The zero-order valence-electron chi connectivity index (χ0n) is 13.9. The Labute approximate surface area is 128 Å². The van der Waals surface area contributed by atoms with Crippen LogP contribution in [-0.2, 0) is 0 Å². The van der Waals surface area contributed by atoms with Crippen LogP contribution in [0.1, 0.15) is 53.7 Å². The van der Waals surface area contributed by atoms with E-state index in [0.717, 1.165) is 53.9 Å². The van der Waals surface area contributed by atoms with E-state index in [-0.39, 0.29) is 12.0 Å². The minimum absolute atomic E-state index is 0.147. The summed E-state index contributed by atoms with van der Waals surface area (Å²) in [6, 6.07) is 2.02. The number of ketones is 1. The molecule has 116 valence electrons. The second kappa shape index (κ2) is 6.61. The van der Waals surface area contributed by atoms with Gasteiger partial charge in [-0.25, -0.2) is 0 Å². The van der Waals surface area contributed by atoms with E-state index in [9.17, 15) is 4.79 Å². The van der Waals surface area contributed by atoms with Crippen LogP contribution in [0.4, 0.5) is 0 Å². The number of nitrogens with one attached hydrogen (secondary N) is 1. The number of benzene rings is 1. The Hall–Kier alpha value is -1.35. The molecule has 1 aromatic carbocycles. The van der Waals surface area contributed by atoms with Crippen molar-refractivity contribution in [2.24, 2.45) is 5.92 Å². The van der Waals surface area contributed by atoms with Crippen LogP contribution in [0, 0.1) is 26.7 Å². The van der Waals surface area contributed by atoms with E-state index in [2.05, 4.69) is 5.32 Å². The lowest BCUT2D eigenvalue weighted by Crippen LogP contribution is -2.32. The first-order valence-corrected chi connectivity index (χ1v) is 7.94. The number of carbonyl (C=O) groups is 1. The van der Waals surface area contributed by atoms with Crippen LogP contribution in [0.15, 0.2) is 6.07 Å². The minimum Gasteiger partial charge on any atom is -0.491 e. The lowest BCUT2D eigenvalue weighted by Gasteiger charge is -2.24. The number of carbonyl (C=O) groups excluding carboxylic acids is 1. The second-order valence-electron chi connectivity index (χ2n) is 6.37. The third kappa shape index (κ3) is 3.46. The van der Waals surface area contributed by atoms with Gasteiger partial charge in [-0.3, -0.25) is 4.79 Å². The van der Waals surface area contributed by atoms with Crippen molar-refractivity contribution < 1.29 is 9.53 Å². The highest BCUT2D eigenvalue weighted by molar-refractivity contribution is 6.01. The van der Waals surface area contributed by atoms with Crippen molar-refractivity contribution in [3.8, 4) is 5.75 Å². The normalized spacial score (nSPS) is 16.3. The standard InChI is InChI=1S/C18H27NO2/c1-11(2)21-16-10-12(3)17(14(5)13(16)4)18(20)15-6-8-19-9-7-15/h10-11,15,19H,6-9H2,1-5H3. The van der Waals surface area contributed by atoms with Gasteiger partial charge >= 0.3 is 0 Å². The quantitative estimate of drug-likeness (QED) is 0.861. The van der Waals surface area contributed by atoms with Gasteiger partial charge in [0, 0.05) is 11.5 Å². The molecule has 0 aromatic heterocycles. The molecule has 1 aliphatic heterocycles. The Morgan fingerprint density at radius 3 is 2.38 bits per heavy atom. The molecule has 1 saturated heterocycles. The van der Waals surface area contributed by atoms with Crippen molar-refractivity contribution in [2.45, 2.75) is 53.6 Å². The van der Waals surface area contributed by atoms with Gasteiger partial charge in [-0.2, -0.15) is 0 Å². The van der Waals surface area contributed by atoms with Crippen LogP contribution < -0.4 is 10.1 Å². The van der Waals surface area contributed by atoms with Crippen LogP contribution >= 0.6 is 0 Å². The first-order chi connectivity index (χ1) is 9.91. The van der Waals surface area contributed by atoms with Crippen LogP contribution in [0.3, 0.4) is 0 Å². The Kier molecular flexibility index (Phi) is 5.04. The highest BCUT2D eigenvalue weighted by Gasteiger charge is 2.26. The van der Waals surface area contributed by atoms with E-state index < -0.39 is 0 Å². The fraction of sp³-hybridized carbons (Fsp3) is 0.611. The number of aryl methyl sites for hydroxylation is 1. The molecule has 1 aliphatic rings. The summed E-state index contributed by atoms with van der Waals surface area (Å²) in [5.74, 6) is 1.38. The number of piperidine rings is 1. The van der Waals surface area contributed by atoms with Crippen LogP contribution in [0.5, 0.6) is 5.75 Å². The minimum atomic E-state index is 0.147. The van der Waals surface area contributed by atoms with E-state index in [1.165, 1.54) is 0 Å². The van der Waals surface area contributed by atoms with Crippen LogP contribution in [0.25, 0.3) is 0 Å². The summed E-state index contributed by atoms with van der Waals surface area (Å²) in [4.78, 5) is 12.9. The molecule has 21 heavy (non-hydrogen) atoms. The van der Waals surface area contributed by atoms with Crippen LogP contribution in [0.2, 0.25) is 0 Å². The predicted octanol–water partition coefficient (Wildman–Crippen LogP) is 3.58. The largest absolute Gasteiger partial charge is 0.491 e. The molecule has 1 fully saturated rings. The molecular formula is C18H27NO2. The van der Waals surface area contributed by atoms with Crippen molar-refractivity contribution in [1.29, 1.82) is 0 Å². The van der Waals surface area contributed by atoms with Gasteiger partial charge < -0.3 is 10.1 Å². The van der Waals surface area contributed by atoms with Crippen molar-refractivity contribution in [1.82, 2.24) is 5.32 Å². The van der Waals surface area contributed by atoms with E-state index in [4.69, 9.17) is 4.74 Å². The van der Waals surface area contributed by atoms with E-state index in [1.54, 1.807) is 0 Å². The molecule has 0 aliphatic carbocycles. The maximum Gasteiger partial charge on any atom is 0.166 e. The summed E-state index contributed by atoms with van der Waals surface area (Å²) in [7, 11) is 0. The molecule has 1 N–H and O–H groups in total. The van der Waals surface area contributed by atoms with Crippen molar-refractivity contribution in [3.63, 3.8) is 0 Å². The molecule has 0 unspecified atom stereocenters. The Balaban J connectivity index is 2.35. The molecule has 1 aromatic rings. The molecule has 0 bridgehead atoms. The van der Waals surface area contributed by atoms with Gasteiger partial charge in [-0.1, -0.05) is 0 Å². The van der Waals surface area contributed by atoms with Gasteiger partial charge in [0.05, 0.1) is 6.10 Å². The first kappa shape index (κ1) is 16.0. The average molecular weight is 289 g/mol. The van der Waals surface area contributed by atoms with Crippen LogP contribution in [-0.4, -0.2) is 25.0 Å². The number of rotatable bonds is 4. The smallest absolute Gasteiger partial charge is 0.166 e. The number of hydrogen-bond donors (Lipinski definition) is 1. The van der Waals surface area contributed by atoms with Crippen molar-refractivity contribution >= 4 is 5.78 Å². The monoisotopic (exact) mass is 289 g/mol. The lowest BCUT2D eigenvalue weighted by atomic mass is 9.84. The Bertz CT molecular complexity index is 529. The fourth-order valence-electron chi connectivity index (χ4n) is 3.09. The van der Waals surface area contributed by atoms with Gasteiger partial charge in [-0.15, -0.1) is 0 Å². The van der Waals surface area contributed by atoms with Gasteiger partial charge in [0.2, 0.25) is 0 Å². The molecule has 0 saturated carbocycles. The molecule has 0 spiro atoms. The first-order valence-electron chi connectivity index (χ1n) is 7.94. The zero-order valence-corrected chi connectivity index (χ0v) is 13.9. The fourth-order valence-corrected chi connectivity index (χ4v) is 3.09. The average Bonchev–Trinajstić information content (AvgIpc) is 2.45.